The number of nitrogens with one attached hydrogen (secondary N) is 2. The van der Waals surface area contributed by atoms with Gasteiger partial charge in [-0.3, -0.25) is 19.7 Å². The molecule has 1 aliphatic rings. The van der Waals surface area contributed by atoms with Gasteiger partial charge in [-0.2, -0.15) is 5.10 Å². The minimum Gasteiger partial charge on any atom is -0.366 e. The highest BCUT2D eigenvalue weighted by Crippen LogP contribution is 2.31. The summed E-state index contributed by atoms with van der Waals surface area (Å²) in [6.07, 6.45) is 3.34. The Morgan fingerprint density at radius 2 is 1.85 bits per heavy atom. The molecule has 1 fully saturated rings. The molecule has 2 N–H and O–H groups in total. The summed E-state index contributed by atoms with van der Waals surface area (Å²) in [7, 11) is 0. The van der Waals surface area contributed by atoms with Gasteiger partial charge in [-0.25, -0.2) is 5.43 Å². The van der Waals surface area contributed by atoms with Gasteiger partial charge in [0.25, 0.3) is 17.5 Å². The first kappa shape index (κ1) is 25.5. The number of carbonyl (C=O) groups is 2. The van der Waals surface area contributed by atoms with Crippen molar-refractivity contribution in [2.75, 3.05) is 18.0 Å². The summed E-state index contributed by atoms with van der Waals surface area (Å²) in [5.41, 5.74) is 3.62. The lowest BCUT2D eigenvalue weighted by molar-refractivity contribution is -0.384. The molecule has 2 amide bonds. The number of rotatable bonds is 8. The van der Waals surface area contributed by atoms with Crippen LogP contribution in [0.1, 0.15) is 42.6 Å². The fourth-order valence-electron chi connectivity index (χ4n) is 3.66. The van der Waals surface area contributed by atoms with Crippen LogP contribution in [0.25, 0.3) is 0 Å². The molecule has 0 saturated carbocycles. The van der Waals surface area contributed by atoms with Crippen LogP contribution in [-0.4, -0.2) is 42.1 Å². The Bertz CT molecular complexity index is 1120. The fourth-order valence-corrected chi connectivity index (χ4v) is 4.15. The van der Waals surface area contributed by atoms with Crippen LogP contribution in [0.5, 0.6) is 0 Å². The maximum Gasteiger partial charge on any atom is 0.293 e. The number of hydrogen-bond acceptors (Lipinski definition) is 6. The maximum absolute atomic E-state index is 12.7. The predicted octanol–water partition coefficient (Wildman–Crippen LogP) is 4.41. The molecule has 1 heterocycles. The topological polar surface area (TPSA) is 117 Å². The molecule has 11 heteroatoms. The normalized spacial score (nSPS) is 14.4. The first-order valence-electron chi connectivity index (χ1n) is 10.8. The summed E-state index contributed by atoms with van der Waals surface area (Å²) in [6, 6.07) is 8.40. The van der Waals surface area contributed by atoms with E-state index in [1.165, 1.54) is 30.5 Å². The van der Waals surface area contributed by atoms with Crippen LogP contribution in [-0.2, 0) is 4.79 Å². The molecule has 0 spiro atoms. The zero-order valence-electron chi connectivity index (χ0n) is 18.8. The molecule has 0 aliphatic carbocycles. The van der Waals surface area contributed by atoms with E-state index in [2.05, 4.69) is 15.8 Å². The van der Waals surface area contributed by atoms with Crippen LogP contribution >= 0.6 is 23.2 Å². The van der Waals surface area contributed by atoms with Crippen molar-refractivity contribution in [2.45, 2.75) is 32.7 Å². The van der Waals surface area contributed by atoms with Gasteiger partial charge in [-0.15, -0.1) is 0 Å². The molecule has 0 aromatic heterocycles. The van der Waals surface area contributed by atoms with Gasteiger partial charge in [0.15, 0.2) is 0 Å². The van der Waals surface area contributed by atoms with Crippen molar-refractivity contribution < 1.29 is 14.5 Å². The predicted molar refractivity (Wildman–Crippen MR) is 133 cm³/mol. The van der Waals surface area contributed by atoms with Gasteiger partial charge >= 0.3 is 0 Å². The number of benzene rings is 2. The number of hydrogen-bond donors (Lipinski definition) is 2. The average Bonchev–Trinajstić information content (AvgIpc) is 3.31. The monoisotopic (exact) mass is 505 g/mol. The van der Waals surface area contributed by atoms with Crippen molar-refractivity contribution in [1.82, 2.24) is 10.7 Å². The lowest BCUT2D eigenvalue weighted by atomic mass is 10.0. The highest BCUT2D eigenvalue weighted by molar-refractivity contribution is 6.36. The molecule has 0 bridgehead atoms. The number of hydrazone groups is 1. The average molecular weight is 506 g/mol. The second-order valence-electron chi connectivity index (χ2n) is 8.25. The van der Waals surface area contributed by atoms with Crippen molar-refractivity contribution in [2.24, 2.45) is 11.0 Å². The second kappa shape index (κ2) is 11.3. The third-order valence-corrected chi connectivity index (χ3v) is 5.99. The molecule has 34 heavy (non-hydrogen) atoms. The van der Waals surface area contributed by atoms with Crippen molar-refractivity contribution >= 4 is 52.6 Å². The number of nitro benzene ring substituents is 1. The van der Waals surface area contributed by atoms with E-state index in [1.807, 2.05) is 4.90 Å². The standard InChI is InChI=1S/C23H25Cl2N5O4/c1-14(2)21(27-22(31)17-7-6-16(24)12-18(17)25)23(32)28-26-13-15-5-8-19(20(11-15)30(33)34)29-9-3-4-10-29/h5-8,11-14,21H,3-4,9-10H2,1-2H3,(H,27,31)(H,28,32). The number of halogens is 2. The Labute approximate surface area is 207 Å². The van der Waals surface area contributed by atoms with Gasteiger partial charge < -0.3 is 10.2 Å². The molecular formula is C23H25Cl2N5O4. The van der Waals surface area contributed by atoms with Crippen LogP contribution in [0, 0.1) is 16.0 Å². The Balaban J connectivity index is 1.68. The fraction of sp³-hybridized carbons (Fsp3) is 0.348. The van der Waals surface area contributed by atoms with Gasteiger partial charge in [0.1, 0.15) is 11.7 Å². The third kappa shape index (κ3) is 6.24. The summed E-state index contributed by atoms with van der Waals surface area (Å²) >= 11 is 12.0. The minimum atomic E-state index is -0.886. The number of anilines is 1. The molecule has 1 saturated heterocycles. The van der Waals surface area contributed by atoms with Gasteiger partial charge in [-0.05, 0) is 43.0 Å². The SMILES string of the molecule is CC(C)C(NC(=O)c1ccc(Cl)cc1Cl)C(=O)NN=Cc1ccc(N2CCCC2)c([N+](=O)[O-])c1. The van der Waals surface area contributed by atoms with E-state index in [0.717, 1.165) is 25.9 Å². The first-order valence-corrected chi connectivity index (χ1v) is 11.5. The molecule has 1 unspecified atom stereocenters. The first-order chi connectivity index (χ1) is 16.2. The molecule has 1 aliphatic heterocycles. The van der Waals surface area contributed by atoms with Crippen LogP contribution in [0.15, 0.2) is 41.5 Å². The number of nitro groups is 1. The largest absolute Gasteiger partial charge is 0.366 e. The highest BCUT2D eigenvalue weighted by atomic mass is 35.5. The highest BCUT2D eigenvalue weighted by Gasteiger charge is 2.26. The summed E-state index contributed by atoms with van der Waals surface area (Å²) in [5, 5.41) is 18.7. The van der Waals surface area contributed by atoms with E-state index in [0.29, 0.717) is 16.3 Å². The van der Waals surface area contributed by atoms with Crippen LogP contribution < -0.4 is 15.6 Å². The molecule has 0 radical (unpaired) electrons. The van der Waals surface area contributed by atoms with E-state index in [9.17, 15) is 19.7 Å². The molecule has 2 aromatic rings. The number of carbonyl (C=O) groups excluding carboxylic acids is 2. The van der Waals surface area contributed by atoms with Crippen molar-refractivity contribution in [3.63, 3.8) is 0 Å². The quantitative estimate of drug-likeness (QED) is 0.313. The molecule has 1 atom stereocenters. The van der Waals surface area contributed by atoms with Crippen molar-refractivity contribution in [3.8, 4) is 0 Å². The molecule has 180 valence electrons. The summed E-state index contributed by atoms with van der Waals surface area (Å²) in [5.74, 6) is -1.30. The number of nitrogens with zero attached hydrogens (tertiary/aromatic N) is 3. The van der Waals surface area contributed by atoms with E-state index >= 15 is 0 Å². The van der Waals surface area contributed by atoms with Gasteiger partial charge in [0.2, 0.25) is 0 Å². The summed E-state index contributed by atoms with van der Waals surface area (Å²) in [6.45, 7) is 5.12. The van der Waals surface area contributed by atoms with Gasteiger partial charge in [0, 0.05) is 29.7 Å². The molecule has 2 aromatic carbocycles. The lowest BCUT2D eigenvalue weighted by Gasteiger charge is -2.20. The minimum absolute atomic E-state index is 0.00987. The second-order valence-corrected chi connectivity index (χ2v) is 9.10. The van der Waals surface area contributed by atoms with Gasteiger partial charge in [-0.1, -0.05) is 43.1 Å². The molecule has 9 nitrogen and oxygen atoms in total. The summed E-state index contributed by atoms with van der Waals surface area (Å²) in [4.78, 5) is 38.4. The van der Waals surface area contributed by atoms with Crippen molar-refractivity contribution in [1.29, 1.82) is 0 Å². The lowest BCUT2D eigenvalue weighted by Crippen LogP contribution is -2.48. The number of amides is 2. The van der Waals surface area contributed by atoms with E-state index in [1.54, 1.807) is 26.0 Å². The summed E-state index contributed by atoms with van der Waals surface area (Å²) < 4.78 is 0. The molecule has 3 rings (SSSR count). The Kier molecular flexibility index (Phi) is 8.46. The maximum atomic E-state index is 12.7. The van der Waals surface area contributed by atoms with E-state index in [-0.39, 0.29) is 22.2 Å². The Morgan fingerprint density at radius 3 is 2.47 bits per heavy atom. The van der Waals surface area contributed by atoms with E-state index in [4.69, 9.17) is 23.2 Å². The third-order valence-electron chi connectivity index (χ3n) is 5.44. The van der Waals surface area contributed by atoms with Crippen LogP contribution in [0.2, 0.25) is 10.0 Å². The molecular weight excluding hydrogens is 481 g/mol. The zero-order valence-corrected chi connectivity index (χ0v) is 20.3. The van der Waals surface area contributed by atoms with Crippen LogP contribution in [0.3, 0.4) is 0 Å². The van der Waals surface area contributed by atoms with Gasteiger partial charge in [0.05, 0.1) is 21.7 Å². The zero-order chi connectivity index (χ0) is 24.8. The Morgan fingerprint density at radius 1 is 1.15 bits per heavy atom. The Hall–Kier alpha value is -3.17. The smallest absolute Gasteiger partial charge is 0.293 e. The van der Waals surface area contributed by atoms with E-state index < -0.39 is 22.8 Å². The van der Waals surface area contributed by atoms with Crippen molar-refractivity contribution in [3.05, 3.63) is 67.7 Å². The van der Waals surface area contributed by atoms with Crippen LogP contribution in [0.4, 0.5) is 11.4 Å².